The molecular formula is C20H26N6. The lowest BCUT2D eigenvalue weighted by molar-refractivity contribution is 0.413. The maximum atomic E-state index is 4.33. The zero-order chi connectivity index (χ0) is 17.9. The van der Waals surface area contributed by atoms with Gasteiger partial charge in [-0.1, -0.05) is 6.07 Å². The van der Waals surface area contributed by atoms with E-state index in [1.165, 1.54) is 16.9 Å². The van der Waals surface area contributed by atoms with Gasteiger partial charge >= 0.3 is 0 Å². The molecule has 1 aromatic carbocycles. The summed E-state index contributed by atoms with van der Waals surface area (Å²) in [6, 6.07) is 11.1. The molecule has 0 atom stereocenters. The Morgan fingerprint density at radius 1 is 1.12 bits per heavy atom. The lowest BCUT2D eigenvalue weighted by Crippen LogP contribution is -2.42. The van der Waals surface area contributed by atoms with Crippen LogP contribution in [0, 0.1) is 6.92 Å². The Bertz CT molecular complexity index is 843. The third kappa shape index (κ3) is 3.51. The van der Waals surface area contributed by atoms with Gasteiger partial charge in [-0.05, 0) is 44.0 Å². The average Bonchev–Trinajstić information content (AvgIpc) is 3.32. The molecule has 6 nitrogen and oxygen atoms in total. The van der Waals surface area contributed by atoms with Gasteiger partial charge in [-0.25, -0.2) is 4.68 Å². The summed E-state index contributed by atoms with van der Waals surface area (Å²) in [4.78, 5) is 2.47. The van der Waals surface area contributed by atoms with Crippen LogP contribution in [0.15, 0.2) is 48.9 Å². The van der Waals surface area contributed by atoms with Crippen molar-refractivity contribution in [3.63, 3.8) is 0 Å². The van der Waals surface area contributed by atoms with Crippen LogP contribution in [0.2, 0.25) is 0 Å². The lowest BCUT2D eigenvalue weighted by atomic mass is 10.0. The van der Waals surface area contributed by atoms with Crippen molar-refractivity contribution in [2.24, 2.45) is 7.05 Å². The molecule has 136 valence electrons. The van der Waals surface area contributed by atoms with E-state index in [1.807, 2.05) is 41.1 Å². The summed E-state index contributed by atoms with van der Waals surface area (Å²) in [5.41, 5.74) is 4.92. The van der Waals surface area contributed by atoms with Gasteiger partial charge in [0.2, 0.25) is 0 Å². The van der Waals surface area contributed by atoms with Gasteiger partial charge in [-0.15, -0.1) is 0 Å². The standard InChI is InChI=1S/C20H26N6/c1-16-17(15-23-24(16)2)14-21-18-7-11-25(12-8-18)19-5-3-6-20(13-19)26-10-4-9-22-26/h3-6,9-10,13,15,18,21H,7-8,11-12,14H2,1-2H3. The fraction of sp³-hybridized carbons (Fsp3) is 0.400. The number of hydrogen-bond donors (Lipinski definition) is 1. The molecule has 1 fully saturated rings. The second-order valence-electron chi connectivity index (χ2n) is 6.99. The van der Waals surface area contributed by atoms with Crippen LogP contribution in [0.3, 0.4) is 0 Å². The van der Waals surface area contributed by atoms with Crippen molar-refractivity contribution in [3.05, 3.63) is 60.2 Å². The summed E-state index contributed by atoms with van der Waals surface area (Å²) in [6.45, 7) is 5.18. The number of nitrogens with one attached hydrogen (secondary N) is 1. The molecule has 1 saturated heterocycles. The predicted molar refractivity (Wildman–Crippen MR) is 104 cm³/mol. The molecule has 0 unspecified atom stereocenters. The Morgan fingerprint density at radius 3 is 2.62 bits per heavy atom. The second-order valence-corrected chi connectivity index (χ2v) is 6.99. The largest absolute Gasteiger partial charge is 0.371 e. The van der Waals surface area contributed by atoms with E-state index >= 15 is 0 Å². The molecule has 26 heavy (non-hydrogen) atoms. The molecule has 0 saturated carbocycles. The summed E-state index contributed by atoms with van der Waals surface area (Å²) in [5, 5.41) is 12.4. The van der Waals surface area contributed by atoms with E-state index in [4.69, 9.17) is 0 Å². The van der Waals surface area contributed by atoms with Crippen LogP contribution in [-0.4, -0.2) is 38.7 Å². The first-order valence-electron chi connectivity index (χ1n) is 9.26. The molecule has 3 aromatic rings. The van der Waals surface area contributed by atoms with Crippen LogP contribution in [0.4, 0.5) is 5.69 Å². The van der Waals surface area contributed by atoms with Crippen molar-refractivity contribution in [2.45, 2.75) is 32.4 Å². The number of benzene rings is 1. The average molecular weight is 350 g/mol. The molecule has 0 spiro atoms. The van der Waals surface area contributed by atoms with Gasteiger partial charge < -0.3 is 10.2 Å². The van der Waals surface area contributed by atoms with Crippen molar-refractivity contribution in [1.82, 2.24) is 24.9 Å². The molecule has 1 aliphatic heterocycles. The summed E-state index contributed by atoms with van der Waals surface area (Å²) in [5.74, 6) is 0. The number of aromatic nitrogens is 4. The Hall–Kier alpha value is -2.60. The van der Waals surface area contributed by atoms with E-state index in [0.717, 1.165) is 38.2 Å². The van der Waals surface area contributed by atoms with Crippen molar-refractivity contribution in [2.75, 3.05) is 18.0 Å². The number of aryl methyl sites for hydroxylation is 1. The highest BCUT2D eigenvalue weighted by Gasteiger charge is 2.19. The van der Waals surface area contributed by atoms with E-state index in [9.17, 15) is 0 Å². The van der Waals surface area contributed by atoms with Crippen molar-refractivity contribution >= 4 is 5.69 Å². The first-order valence-corrected chi connectivity index (χ1v) is 9.26. The summed E-state index contributed by atoms with van der Waals surface area (Å²) >= 11 is 0. The van der Waals surface area contributed by atoms with E-state index < -0.39 is 0 Å². The number of hydrogen-bond acceptors (Lipinski definition) is 4. The third-order valence-corrected chi connectivity index (χ3v) is 5.38. The van der Waals surface area contributed by atoms with E-state index in [-0.39, 0.29) is 0 Å². The van der Waals surface area contributed by atoms with Crippen molar-refractivity contribution in [3.8, 4) is 5.69 Å². The van der Waals surface area contributed by atoms with Crippen molar-refractivity contribution in [1.29, 1.82) is 0 Å². The van der Waals surface area contributed by atoms with E-state index in [2.05, 4.69) is 51.6 Å². The second kappa shape index (κ2) is 7.33. The predicted octanol–water partition coefficient (Wildman–Crippen LogP) is 2.67. The van der Waals surface area contributed by atoms with Crippen LogP contribution in [0.5, 0.6) is 0 Å². The SMILES string of the molecule is Cc1c(CNC2CCN(c3cccc(-n4cccn4)c3)CC2)cnn1C. The molecule has 0 bridgehead atoms. The monoisotopic (exact) mass is 350 g/mol. The van der Waals surface area contributed by atoms with Gasteiger partial charge in [-0.3, -0.25) is 4.68 Å². The quantitative estimate of drug-likeness (QED) is 0.769. The Labute approximate surface area is 154 Å². The van der Waals surface area contributed by atoms with Crippen LogP contribution in [-0.2, 0) is 13.6 Å². The minimum absolute atomic E-state index is 0.570. The van der Waals surface area contributed by atoms with Gasteiger partial charge in [0.25, 0.3) is 0 Å². The molecule has 6 heteroatoms. The molecule has 4 rings (SSSR count). The number of piperidine rings is 1. The highest BCUT2D eigenvalue weighted by molar-refractivity contribution is 5.53. The van der Waals surface area contributed by atoms with Gasteiger partial charge in [0.05, 0.1) is 11.9 Å². The zero-order valence-corrected chi connectivity index (χ0v) is 15.5. The van der Waals surface area contributed by atoms with Gasteiger partial charge in [-0.2, -0.15) is 10.2 Å². The van der Waals surface area contributed by atoms with Crippen LogP contribution in [0.25, 0.3) is 5.69 Å². The fourth-order valence-electron chi connectivity index (χ4n) is 3.57. The molecule has 2 aromatic heterocycles. The number of nitrogens with zero attached hydrogens (tertiary/aromatic N) is 5. The Morgan fingerprint density at radius 2 is 1.92 bits per heavy atom. The van der Waals surface area contributed by atoms with Crippen LogP contribution < -0.4 is 10.2 Å². The minimum Gasteiger partial charge on any atom is -0.371 e. The summed E-state index contributed by atoms with van der Waals surface area (Å²) < 4.78 is 3.85. The lowest BCUT2D eigenvalue weighted by Gasteiger charge is -2.34. The molecular weight excluding hydrogens is 324 g/mol. The summed E-state index contributed by atoms with van der Waals surface area (Å²) in [7, 11) is 1.99. The first-order chi connectivity index (χ1) is 12.7. The van der Waals surface area contributed by atoms with E-state index in [1.54, 1.807) is 0 Å². The first kappa shape index (κ1) is 16.8. The molecule has 0 aliphatic carbocycles. The maximum Gasteiger partial charge on any atom is 0.0666 e. The maximum absolute atomic E-state index is 4.33. The van der Waals surface area contributed by atoms with Crippen LogP contribution >= 0.6 is 0 Å². The Kier molecular flexibility index (Phi) is 4.75. The van der Waals surface area contributed by atoms with Crippen molar-refractivity contribution < 1.29 is 0 Å². The zero-order valence-electron chi connectivity index (χ0n) is 15.5. The van der Waals surface area contributed by atoms with Crippen LogP contribution in [0.1, 0.15) is 24.1 Å². The minimum atomic E-state index is 0.570. The molecule has 1 aliphatic rings. The number of anilines is 1. The topological polar surface area (TPSA) is 50.9 Å². The fourth-order valence-corrected chi connectivity index (χ4v) is 3.57. The smallest absolute Gasteiger partial charge is 0.0666 e. The highest BCUT2D eigenvalue weighted by atomic mass is 15.3. The van der Waals surface area contributed by atoms with Gasteiger partial charge in [0, 0.05) is 62.1 Å². The molecule has 1 N–H and O–H groups in total. The third-order valence-electron chi connectivity index (χ3n) is 5.38. The molecule has 0 amide bonds. The highest BCUT2D eigenvalue weighted by Crippen LogP contribution is 2.23. The van der Waals surface area contributed by atoms with Gasteiger partial charge in [0.1, 0.15) is 0 Å². The van der Waals surface area contributed by atoms with E-state index in [0.29, 0.717) is 6.04 Å². The summed E-state index contributed by atoms with van der Waals surface area (Å²) in [6.07, 6.45) is 8.08. The molecule has 0 radical (unpaired) electrons. The molecule has 3 heterocycles. The normalized spacial score (nSPS) is 15.5. The number of rotatable bonds is 5. The Balaban J connectivity index is 1.34. The van der Waals surface area contributed by atoms with Gasteiger partial charge in [0.15, 0.2) is 0 Å².